The molecule has 0 aromatic carbocycles. The second-order valence-electron chi connectivity index (χ2n) is 2.23. The van der Waals surface area contributed by atoms with Crippen LogP contribution in [0.25, 0.3) is 0 Å². The molecule has 7 heteroatoms. The van der Waals surface area contributed by atoms with Crippen molar-refractivity contribution in [3.05, 3.63) is 23.2 Å². The van der Waals surface area contributed by atoms with Crippen LogP contribution in [0.1, 0.15) is 12.6 Å². The molecule has 78 valence electrons. The highest BCUT2D eigenvalue weighted by Gasteiger charge is 2.36. The lowest BCUT2D eigenvalue weighted by Crippen LogP contribution is -2.20. The van der Waals surface area contributed by atoms with E-state index in [0.29, 0.717) is 0 Å². The molecule has 0 aliphatic carbocycles. The summed E-state index contributed by atoms with van der Waals surface area (Å²) >= 11 is 5.38. The van der Waals surface area contributed by atoms with Gasteiger partial charge in [-0.1, -0.05) is 11.6 Å². The Morgan fingerprint density at radius 1 is 1.43 bits per heavy atom. The maximum absolute atomic E-state index is 13.0. The predicted molar refractivity (Wildman–Crippen MR) is 43.6 cm³/mol. The van der Waals surface area contributed by atoms with Crippen LogP contribution in [-0.2, 0) is 15.9 Å². The molecule has 4 nitrogen and oxygen atoms in total. The van der Waals surface area contributed by atoms with Crippen LogP contribution in [0, 0.1) is 0 Å². The molecule has 0 unspecified atom stereocenters. The Kier molecular flexibility index (Phi) is 3.68. The van der Waals surface area contributed by atoms with Crippen molar-refractivity contribution in [2.24, 2.45) is 0 Å². The van der Waals surface area contributed by atoms with Gasteiger partial charge >= 0.3 is 6.11 Å². The zero-order valence-electron chi connectivity index (χ0n) is 7.21. The highest BCUT2D eigenvalue weighted by Crippen LogP contribution is 2.27. The smallest absolute Gasteiger partial charge is 0.247 e. The first-order valence-corrected chi connectivity index (χ1v) is 4.10. The van der Waals surface area contributed by atoms with Gasteiger partial charge in [0, 0.05) is 0 Å². The molecule has 0 amide bonds. The summed E-state index contributed by atoms with van der Waals surface area (Å²) in [4.78, 5) is 14.8. The van der Waals surface area contributed by atoms with Crippen molar-refractivity contribution < 1.29 is 18.6 Å². The van der Waals surface area contributed by atoms with Crippen molar-refractivity contribution in [2.75, 3.05) is 6.61 Å². The lowest BCUT2D eigenvalue weighted by atomic mass is 10.4. The zero-order chi connectivity index (χ0) is 10.6. The third-order valence-electron chi connectivity index (χ3n) is 1.20. The monoisotopic (exact) mass is 224 g/mol. The molecule has 1 heterocycles. The molecule has 0 spiro atoms. The molecule has 0 fully saturated rings. The topological polar surface area (TPSA) is 44.2 Å². The minimum Gasteiger partial charge on any atom is -0.247 e. The molecule has 0 N–H and O–H groups in total. The summed E-state index contributed by atoms with van der Waals surface area (Å²) in [5.41, 5.74) is -0.657. The number of hydrogen-bond donors (Lipinski definition) is 0. The fourth-order valence-corrected chi connectivity index (χ4v) is 0.736. The molecule has 1 aromatic rings. The van der Waals surface area contributed by atoms with Gasteiger partial charge in [-0.3, -0.25) is 0 Å². The van der Waals surface area contributed by atoms with E-state index in [2.05, 4.69) is 19.7 Å². The normalized spacial score (nSPS) is 11.7. The maximum atomic E-state index is 13.0. The third-order valence-corrected chi connectivity index (χ3v) is 1.40. The van der Waals surface area contributed by atoms with Crippen molar-refractivity contribution in [2.45, 2.75) is 13.0 Å². The fourth-order valence-electron chi connectivity index (χ4n) is 0.638. The van der Waals surface area contributed by atoms with E-state index in [1.165, 1.54) is 6.92 Å². The summed E-state index contributed by atoms with van der Waals surface area (Å²) in [7, 11) is 0. The number of rotatable bonds is 4. The first-order chi connectivity index (χ1) is 6.56. The first-order valence-electron chi connectivity index (χ1n) is 3.72. The fraction of sp³-hybridized carbons (Fsp3) is 0.429. The molecule has 0 aliphatic rings. The number of aromatic nitrogens is 2. The highest BCUT2D eigenvalue weighted by atomic mass is 35.5. The molecule has 1 aromatic heterocycles. The van der Waals surface area contributed by atoms with Crippen LogP contribution >= 0.6 is 11.6 Å². The Morgan fingerprint density at radius 2 is 2.14 bits per heavy atom. The molecule has 0 radical (unpaired) electrons. The van der Waals surface area contributed by atoms with Crippen molar-refractivity contribution in [3.8, 4) is 0 Å². The second-order valence-corrected chi connectivity index (χ2v) is 2.62. The van der Waals surface area contributed by atoms with E-state index >= 15 is 0 Å². The van der Waals surface area contributed by atoms with Crippen LogP contribution < -0.4 is 0 Å². The van der Waals surface area contributed by atoms with Gasteiger partial charge in [0.15, 0.2) is 5.69 Å². The maximum Gasteiger partial charge on any atom is 0.426 e. The minimum absolute atomic E-state index is 0.0105. The molecule has 0 saturated heterocycles. The lowest BCUT2D eigenvalue weighted by Gasteiger charge is -2.13. The molecule has 14 heavy (non-hydrogen) atoms. The van der Waals surface area contributed by atoms with Crippen LogP contribution in [-0.4, -0.2) is 16.6 Å². The molecular formula is C7H7ClF2N2O2. The summed E-state index contributed by atoms with van der Waals surface area (Å²) in [5, 5.41) is 0.0287. The average molecular weight is 225 g/mol. The minimum atomic E-state index is -3.62. The van der Waals surface area contributed by atoms with Crippen LogP contribution in [0.5, 0.6) is 0 Å². The molecule has 0 saturated carbocycles. The van der Waals surface area contributed by atoms with E-state index in [4.69, 9.17) is 11.6 Å². The summed E-state index contributed by atoms with van der Waals surface area (Å²) in [6.45, 7) is 1.53. The van der Waals surface area contributed by atoms with Gasteiger partial charge in [-0.2, -0.15) is 13.7 Å². The zero-order valence-corrected chi connectivity index (χ0v) is 7.96. The van der Waals surface area contributed by atoms with Gasteiger partial charge in [-0.05, 0) is 6.92 Å². The highest BCUT2D eigenvalue weighted by molar-refractivity contribution is 6.29. The quantitative estimate of drug-likeness (QED) is 0.581. The van der Waals surface area contributed by atoms with Gasteiger partial charge in [0.05, 0.1) is 19.0 Å². The number of nitrogens with zero attached hydrogens (tertiary/aromatic N) is 2. The van der Waals surface area contributed by atoms with E-state index in [1.54, 1.807) is 0 Å². The number of alkyl halides is 2. The summed E-state index contributed by atoms with van der Waals surface area (Å²) in [6, 6.07) is 0. The summed E-state index contributed by atoms with van der Waals surface area (Å²) < 4.78 is 26.0. The summed E-state index contributed by atoms with van der Waals surface area (Å²) in [5.74, 6) is 0. The predicted octanol–water partition coefficient (Wildman–Crippen LogP) is 2.15. The van der Waals surface area contributed by atoms with E-state index in [1.807, 2.05) is 0 Å². The van der Waals surface area contributed by atoms with Crippen LogP contribution in [0.4, 0.5) is 8.78 Å². The van der Waals surface area contributed by atoms with Gasteiger partial charge in [0.1, 0.15) is 5.15 Å². The largest absolute Gasteiger partial charge is 0.426 e. The van der Waals surface area contributed by atoms with E-state index in [-0.39, 0.29) is 11.8 Å². The lowest BCUT2D eigenvalue weighted by molar-refractivity contribution is -0.447. The number of hydrogen-bond acceptors (Lipinski definition) is 4. The molecule has 0 bridgehead atoms. The number of halogens is 3. The van der Waals surface area contributed by atoms with Gasteiger partial charge in [-0.15, -0.1) is 0 Å². The standard InChI is InChI=1S/C7H7ClF2N2O2/c1-2-13-14-7(9,10)5-3-12-6(8)4-11-5/h3-4H,2H2,1H3. The van der Waals surface area contributed by atoms with E-state index < -0.39 is 11.8 Å². The molecular weight excluding hydrogens is 218 g/mol. The average Bonchev–Trinajstić information content (AvgIpc) is 2.16. The van der Waals surface area contributed by atoms with Crippen LogP contribution in [0.15, 0.2) is 12.4 Å². The molecule has 0 atom stereocenters. The van der Waals surface area contributed by atoms with Crippen molar-refractivity contribution in [3.63, 3.8) is 0 Å². The van der Waals surface area contributed by atoms with E-state index in [0.717, 1.165) is 12.4 Å². The van der Waals surface area contributed by atoms with Gasteiger partial charge < -0.3 is 0 Å². The second kappa shape index (κ2) is 4.59. The first kappa shape index (κ1) is 11.2. The van der Waals surface area contributed by atoms with Gasteiger partial charge in [0.2, 0.25) is 0 Å². The van der Waals surface area contributed by atoms with Gasteiger partial charge in [0.25, 0.3) is 0 Å². The van der Waals surface area contributed by atoms with Gasteiger partial charge in [-0.25, -0.2) is 14.9 Å². The van der Waals surface area contributed by atoms with E-state index in [9.17, 15) is 8.78 Å². The van der Waals surface area contributed by atoms with Crippen LogP contribution in [0.2, 0.25) is 5.15 Å². The third kappa shape index (κ3) is 2.83. The van der Waals surface area contributed by atoms with Crippen LogP contribution in [0.3, 0.4) is 0 Å². The Labute approximate surface area is 83.8 Å². The Morgan fingerprint density at radius 3 is 2.64 bits per heavy atom. The SMILES string of the molecule is CCOOC(F)(F)c1cnc(Cl)cn1. The van der Waals surface area contributed by atoms with Crippen molar-refractivity contribution in [1.29, 1.82) is 0 Å². The Bertz CT molecular complexity index is 294. The van der Waals surface area contributed by atoms with Crippen molar-refractivity contribution >= 4 is 11.6 Å². The molecule has 1 rings (SSSR count). The molecule has 0 aliphatic heterocycles. The van der Waals surface area contributed by atoms with Crippen molar-refractivity contribution in [1.82, 2.24) is 9.97 Å². The summed E-state index contributed by atoms with van der Waals surface area (Å²) in [6.07, 6.45) is -1.80. The Hall–Kier alpha value is -0.850. The Balaban J connectivity index is 2.75.